The van der Waals surface area contributed by atoms with Crippen LogP contribution in [0, 0.1) is 11.3 Å². The second-order valence-corrected chi connectivity index (χ2v) is 3.75. The van der Waals surface area contributed by atoms with Crippen LogP contribution in [0.1, 0.15) is 21.6 Å². The molecule has 0 aliphatic carbocycles. The van der Waals surface area contributed by atoms with E-state index in [2.05, 4.69) is 15.3 Å². The van der Waals surface area contributed by atoms with Crippen molar-refractivity contribution >= 4 is 11.8 Å². The minimum atomic E-state index is -1.05. The van der Waals surface area contributed by atoms with Crippen molar-refractivity contribution in [2.24, 2.45) is 0 Å². The van der Waals surface area contributed by atoms with E-state index in [-0.39, 0.29) is 5.69 Å². The summed E-state index contributed by atoms with van der Waals surface area (Å²) in [6, 6.07) is 8.41. The van der Waals surface area contributed by atoms with Crippen molar-refractivity contribution in [3.63, 3.8) is 0 Å². The molecule has 2 N–H and O–H groups in total. The van der Waals surface area contributed by atoms with Crippen molar-refractivity contribution in [3.05, 3.63) is 53.5 Å². The quantitative estimate of drug-likeness (QED) is 0.860. The molecule has 2 aromatic rings. The Kier molecular flexibility index (Phi) is 3.69. The minimum Gasteiger partial charge on any atom is -0.477 e. The highest BCUT2D eigenvalue weighted by molar-refractivity contribution is 5.85. The number of hydrogen-bond donors (Lipinski definition) is 2. The molecule has 0 spiro atoms. The fourth-order valence-electron chi connectivity index (χ4n) is 1.44. The van der Waals surface area contributed by atoms with Crippen LogP contribution < -0.4 is 5.32 Å². The summed E-state index contributed by atoms with van der Waals surface area (Å²) in [6.45, 7) is 0.453. The fraction of sp³-hybridized carbons (Fsp3) is 0.0769. The Morgan fingerprint density at radius 3 is 2.84 bits per heavy atom. The van der Waals surface area contributed by atoms with Gasteiger partial charge in [-0.25, -0.2) is 14.8 Å². The van der Waals surface area contributed by atoms with E-state index < -0.39 is 5.97 Å². The zero-order valence-corrected chi connectivity index (χ0v) is 9.87. The molecule has 6 heteroatoms. The molecule has 19 heavy (non-hydrogen) atoms. The number of anilines is 1. The normalized spacial score (nSPS) is 9.63. The smallest absolute Gasteiger partial charge is 0.354 e. The third-order valence-corrected chi connectivity index (χ3v) is 2.41. The molecule has 94 valence electrons. The minimum absolute atomic E-state index is 0.00773. The third kappa shape index (κ3) is 3.26. The van der Waals surface area contributed by atoms with E-state index in [4.69, 9.17) is 10.4 Å². The lowest BCUT2D eigenvalue weighted by atomic mass is 10.2. The highest BCUT2D eigenvalue weighted by atomic mass is 16.4. The summed E-state index contributed by atoms with van der Waals surface area (Å²) in [5.41, 5.74) is 1.36. The number of nitrogens with one attached hydrogen (secondary N) is 1. The maximum absolute atomic E-state index is 10.6. The lowest BCUT2D eigenvalue weighted by molar-refractivity contribution is 0.0690. The van der Waals surface area contributed by atoms with Gasteiger partial charge in [-0.05, 0) is 23.8 Å². The van der Waals surface area contributed by atoms with Crippen LogP contribution in [0.15, 0.2) is 36.7 Å². The van der Waals surface area contributed by atoms with E-state index in [0.717, 1.165) is 5.56 Å². The fourth-order valence-corrected chi connectivity index (χ4v) is 1.44. The van der Waals surface area contributed by atoms with E-state index in [9.17, 15) is 4.79 Å². The first kappa shape index (κ1) is 12.5. The third-order valence-electron chi connectivity index (χ3n) is 2.41. The van der Waals surface area contributed by atoms with Crippen LogP contribution in [0.25, 0.3) is 0 Å². The molecule has 2 heterocycles. The van der Waals surface area contributed by atoms with E-state index in [1.54, 1.807) is 24.4 Å². The van der Waals surface area contributed by atoms with Crippen molar-refractivity contribution in [3.8, 4) is 6.07 Å². The standard InChI is InChI=1S/C13H10N4O2/c14-6-9-3-4-15-12(5-9)17-8-10-1-2-11(13(18)19)16-7-10/h1-5,7H,8H2,(H,15,17)(H,18,19). The van der Waals surface area contributed by atoms with Crippen LogP contribution in [0.5, 0.6) is 0 Å². The van der Waals surface area contributed by atoms with Gasteiger partial charge in [-0.1, -0.05) is 6.07 Å². The highest BCUT2D eigenvalue weighted by Crippen LogP contribution is 2.08. The van der Waals surface area contributed by atoms with Crippen LogP contribution in [-0.2, 0) is 6.54 Å². The summed E-state index contributed by atoms with van der Waals surface area (Å²) in [5, 5.41) is 20.5. The lowest BCUT2D eigenvalue weighted by Gasteiger charge is -2.05. The maximum atomic E-state index is 10.6. The van der Waals surface area contributed by atoms with Gasteiger partial charge in [0.15, 0.2) is 0 Å². The number of nitrogens with zero attached hydrogens (tertiary/aromatic N) is 3. The summed E-state index contributed by atoms with van der Waals surface area (Å²) < 4.78 is 0. The number of pyridine rings is 2. The molecule has 0 atom stereocenters. The zero-order valence-electron chi connectivity index (χ0n) is 9.87. The van der Waals surface area contributed by atoms with Gasteiger partial charge in [0, 0.05) is 18.9 Å². The average Bonchev–Trinajstić information content (AvgIpc) is 2.46. The molecule has 0 unspecified atom stereocenters. The molecule has 2 rings (SSSR count). The molecule has 0 aliphatic heterocycles. The van der Waals surface area contributed by atoms with Gasteiger partial charge in [0.2, 0.25) is 0 Å². The molecular weight excluding hydrogens is 244 g/mol. The predicted molar refractivity (Wildman–Crippen MR) is 67.5 cm³/mol. The number of carboxylic acid groups (broad SMARTS) is 1. The van der Waals surface area contributed by atoms with E-state index >= 15 is 0 Å². The summed E-state index contributed by atoms with van der Waals surface area (Å²) in [5.74, 6) is -0.468. The van der Waals surface area contributed by atoms with Crippen molar-refractivity contribution in [2.75, 3.05) is 5.32 Å². The molecule has 0 amide bonds. The van der Waals surface area contributed by atoms with Crippen molar-refractivity contribution in [2.45, 2.75) is 6.54 Å². The van der Waals surface area contributed by atoms with Crippen LogP contribution in [0.4, 0.5) is 5.82 Å². The first-order valence-electron chi connectivity index (χ1n) is 5.47. The molecule has 2 aromatic heterocycles. The van der Waals surface area contributed by atoms with E-state index in [1.165, 1.54) is 12.3 Å². The zero-order chi connectivity index (χ0) is 13.7. The number of carbonyl (C=O) groups is 1. The van der Waals surface area contributed by atoms with Crippen molar-refractivity contribution < 1.29 is 9.90 Å². The maximum Gasteiger partial charge on any atom is 0.354 e. The first-order valence-corrected chi connectivity index (χ1v) is 5.47. The number of hydrogen-bond acceptors (Lipinski definition) is 5. The van der Waals surface area contributed by atoms with Crippen molar-refractivity contribution in [1.29, 1.82) is 5.26 Å². The molecule has 0 radical (unpaired) electrons. The van der Waals surface area contributed by atoms with Crippen LogP contribution in [0.3, 0.4) is 0 Å². The number of aromatic carboxylic acids is 1. The van der Waals surface area contributed by atoms with Gasteiger partial charge in [0.05, 0.1) is 11.6 Å². The van der Waals surface area contributed by atoms with E-state index in [0.29, 0.717) is 17.9 Å². The molecule has 0 fully saturated rings. The van der Waals surface area contributed by atoms with Gasteiger partial charge < -0.3 is 10.4 Å². The Morgan fingerprint density at radius 1 is 1.37 bits per heavy atom. The summed E-state index contributed by atoms with van der Waals surface area (Å²) in [7, 11) is 0. The SMILES string of the molecule is N#Cc1ccnc(NCc2ccc(C(=O)O)nc2)c1. The molecule has 6 nitrogen and oxygen atoms in total. The first-order chi connectivity index (χ1) is 9.19. The van der Waals surface area contributed by atoms with Gasteiger partial charge in [0.1, 0.15) is 11.5 Å². The van der Waals surface area contributed by atoms with E-state index in [1.807, 2.05) is 6.07 Å². The predicted octanol–water partition coefficient (Wildman–Crippen LogP) is 1.66. The van der Waals surface area contributed by atoms with Crippen LogP contribution in [0.2, 0.25) is 0 Å². The number of carboxylic acids is 1. The number of nitriles is 1. The summed E-state index contributed by atoms with van der Waals surface area (Å²) in [4.78, 5) is 18.5. The number of aromatic nitrogens is 2. The Morgan fingerprint density at radius 2 is 2.21 bits per heavy atom. The van der Waals surface area contributed by atoms with Gasteiger partial charge in [-0.15, -0.1) is 0 Å². The molecule has 0 aliphatic rings. The second kappa shape index (κ2) is 5.60. The highest BCUT2D eigenvalue weighted by Gasteiger charge is 2.03. The largest absolute Gasteiger partial charge is 0.477 e. The van der Waals surface area contributed by atoms with Gasteiger partial charge in [0.25, 0.3) is 0 Å². The summed E-state index contributed by atoms with van der Waals surface area (Å²) in [6.07, 6.45) is 3.04. The Labute approximate surface area is 109 Å². The Balaban J connectivity index is 2.02. The van der Waals surface area contributed by atoms with Gasteiger partial charge >= 0.3 is 5.97 Å². The lowest BCUT2D eigenvalue weighted by Crippen LogP contribution is -2.04. The molecule has 0 bridgehead atoms. The monoisotopic (exact) mass is 254 g/mol. The Hall–Kier alpha value is -2.94. The molecule has 0 aromatic carbocycles. The average molecular weight is 254 g/mol. The summed E-state index contributed by atoms with van der Waals surface area (Å²) >= 11 is 0. The topological polar surface area (TPSA) is 98.9 Å². The molecular formula is C13H10N4O2. The molecule has 0 saturated carbocycles. The number of rotatable bonds is 4. The Bertz CT molecular complexity index is 632. The van der Waals surface area contributed by atoms with Crippen LogP contribution in [-0.4, -0.2) is 21.0 Å². The van der Waals surface area contributed by atoms with Crippen molar-refractivity contribution in [1.82, 2.24) is 9.97 Å². The van der Waals surface area contributed by atoms with Gasteiger partial charge in [-0.3, -0.25) is 0 Å². The van der Waals surface area contributed by atoms with Crippen LogP contribution >= 0.6 is 0 Å². The molecule has 0 saturated heterocycles. The second-order valence-electron chi connectivity index (χ2n) is 3.75. The van der Waals surface area contributed by atoms with Gasteiger partial charge in [-0.2, -0.15) is 5.26 Å².